The van der Waals surface area contributed by atoms with Gasteiger partial charge in [-0.3, -0.25) is 4.79 Å². The number of para-hydroxylation sites is 1. The average Bonchev–Trinajstić information content (AvgIpc) is 3.17. The molecule has 1 aromatic carbocycles. The minimum absolute atomic E-state index is 0.0137. The number of hydrogen-bond acceptors (Lipinski definition) is 2. The molecule has 0 aromatic heterocycles. The molecule has 1 saturated heterocycles. The van der Waals surface area contributed by atoms with E-state index in [2.05, 4.69) is 37.2 Å². The Morgan fingerprint density at radius 2 is 1.84 bits per heavy atom. The van der Waals surface area contributed by atoms with Crippen LogP contribution in [-0.4, -0.2) is 24.5 Å². The lowest BCUT2D eigenvalue weighted by atomic mass is 10.0. The molecule has 0 radical (unpaired) electrons. The normalized spacial score (nSPS) is 23.8. The van der Waals surface area contributed by atoms with Gasteiger partial charge in [0.05, 0.1) is 11.7 Å². The zero-order chi connectivity index (χ0) is 13.4. The number of benzene rings is 1. The van der Waals surface area contributed by atoms with Crippen LogP contribution in [0.25, 0.3) is 0 Å². The molecular weight excluding hydrogens is 372 g/mol. The van der Waals surface area contributed by atoms with Crippen LogP contribution >= 0.6 is 31.9 Å². The molecule has 19 heavy (non-hydrogen) atoms. The van der Waals surface area contributed by atoms with Gasteiger partial charge in [0.1, 0.15) is 0 Å². The van der Waals surface area contributed by atoms with Gasteiger partial charge < -0.3 is 10.2 Å². The Balaban J connectivity index is 1.84. The smallest absolute Gasteiger partial charge is 0.244 e. The first-order valence-electron chi connectivity index (χ1n) is 6.68. The van der Waals surface area contributed by atoms with Crippen molar-refractivity contribution in [2.24, 2.45) is 0 Å². The number of halogens is 2. The number of hydrogen-bond donors (Lipinski definition) is 1. The van der Waals surface area contributed by atoms with Gasteiger partial charge in [-0.15, -0.1) is 0 Å². The van der Waals surface area contributed by atoms with E-state index in [4.69, 9.17) is 0 Å². The van der Waals surface area contributed by atoms with E-state index in [0.29, 0.717) is 6.04 Å². The van der Waals surface area contributed by atoms with Crippen LogP contribution in [0.2, 0.25) is 0 Å². The lowest BCUT2D eigenvalue weighted by Gasteiger charge is -2.34. The van der Waals surface area contributed by atoms with E-state index in [0.717, 1.165) is 34.0 Å². The van der Waals surface area contributed by atoms with E-state index in [9.17, 15) is 4.79 Å². The van der Waals surface area contributed by atoms with Crippen molar-refractivity contribution in [2.45, 2.75) is 37.8 Å². The highest BCUT2D eigenvalue weighted by Gasteiger charge is 2.35. The average molecular weight is 388 g/mol. The second-order valence-electron chi connectivity index (χ2n) is 5.20. The maximum absolute atomic E-state index is 12.6. The summed E-state index contributed by atoms with van der Waals surface area (Å²) in [5, 5.41) is 3.46. The van der Waals surface area contributed by atoms with Crippen LogP contribution in [0.4, 0.5) is 5.69 Å². The number of nitrogens with zero attached hydrogens (tertiary/aromatic N) is 1. The zero-order valence-electron chi connectivity index (χ0n) is 10.5. The molecule has 5 heteroatoms. The second-order valence-corrected chi connectivity index (χ2v) is 6.90. The fourth-order valence-electron chi connectivity index (χ4n) is 2.53. The summed E-state index contributed by atoms with van der Waals surface area (Å²) in [6.07, 6.45) is 4.42. The molecule has 0 spiro atoms. The molecule has 2 aliphatic rings. The third-order valence-corrected chi connectivity index (χ3v) is 4.94. The molecule has 1 atom stereocenters. The summed E-state index contributed by atoms with van der Waals surface area (Å²) in [5.41, 5.74) is 0.954. The molecule has 1 aliphatic carbocycles. The standard InChI is InChI=1S/C14H16Br2N2O/c15-10-3-1-4-11(16)13(10)18-8-2-5-12(14(18)19)17-9-6-7-9/h1,3-4,9,12,17H,2,5-8H2. The Kier molecular flexibility index (Phi) is 3.96. The molecule has 102 valence electrons. The summed E-state index contributed by atoms with van der Waals surface area (Å²) in [6.45, 7) is 0.795. The third-order valence-electron chi connectivity index (χ3n) is 3.66. The third kappa shape index (κ3) is 2.88. The number of carbonyl (C=O) groups excluding carboxylic acids is 1. The van der Waals surface area contributed by atoms with Gasteiger partial charge in [0.15, 0.2) is 0 Å². The Morgan fingerprint density at radius 1 is 1.16 bits per heavy atom. The van der Waals surface area contributed by atoms with E-state index >= 15 is 0 Å². The molecule has 0 bridgehead atoms. The molecule has 3 nitrogen and oxygen atoms in total. The SMILES string of the molecule is O=C1C(NC2CC2)CCCN1c1c(Br)cccc1Br. The van der Waals surface area contributed by atoms with Crippen molar-refractivity contribution in [2.75, 3.05) is 11.4 Å². The van der Waals surface area contributed by atoms with Crippen LogP contribution in [0.5, 0.6) is 0 Å². The molecule has 1 saturated carbocycles. The fourth-order valence-corrected chi connectivity index (χ4v) is 3.96. The molecule has 1 N–H and O–H groups in total. The van der Waals surface area contributed by atoms with Gasteiger partial charge in [0.25, 0.3) is 0 Å². The van der Waals surface area contributed by atoms with Crippen molar-refractivity contribution >= 4 is 43.5 Å². The Bertz CT molecular complexity index is 482. The molecule has 3 rings (SSSR count). The lowest BCUT2D eigenvalue weighted by Crippen LogP contribution is -2.51. The maximum atomic E-state index is 12.6. The first-order chi connectivity index (χ1) is 9.16. The fraction of sp³-hybridized carbons (Fsp3) is 0.500. The Hall–Kier alpha value is -0.390. The number of amides is 1. The highest BCUT2D eigenvalue weighted by atomic mass is 79.9. The van der Waals surface area contributed by atoms with Crippen molar-refractivity contribution in [1.82, 2.24) is 5.32 Å². The van der Waals surface area contributed by atoms with Gasteiger partial charge in [-0.25, -0.2) is 0 Å². The Morgan fingerprint density at radius 3 is 2.47 bits per heavy atom. The monoisotopic (exact) mass is 386 g/mol. The van der Waals surface area contributed by atoms with Crippen molar-refractivity contribution < 1.29 is 4.79 Å². The van der Waals surface area contributed by atoms with Crippen molar-refractivity contribution in [3.8, 4) is 0 Å². The molecule has 1 amide bonds. The van der Waals surface area contributed by atoms with Gasteiger partial charge in [-0.1, -0.05) is 6.07 Å². The van der Waals surface area contributed by atoms with Crippen LogP contribution in [0, 0.1) is 0 Å². The van der Waals surface area contributed by atoms with Gasteiger partial charge in [-0.05, 0) is 69.7 Å². The lowest BCUT2D eigenvalue weighted by molar-refractivity contribution is -0.121. The Labute approximate surface area is 130 Å². The highest BCUT2D eigenvalue weighted by molar-refractivity contribution is 9.11. The number of rotatable bonds is 3. The molecule has 1 heterocycles. The zero-order valence-corrected chi connectivity index (χ0v) is 13.7. The molecular formula is C14H16Br2N2O. The van der Waals surface area contributed by atoms with Crippen LogP contribution < -0.4 is 10.2 Å². The first kappa shape index (κ1) is 13.6. The molecule has 1 aliphatic heterocycles. The summed E-state index contributed by atoms with van der Waals surface area (Å²) in [6, 6.07) is 6.47. The predicted octanol–water partition coefficient (Wildman–Crippen LogP) is 3.46. The van der Waals surface area contributed by atoms with Crippen LogP contribution in [0.15, 0.2) is 27.1 Å². The van der Waals surface area contributed by atoms with Gasteiger partial charge in [0.2, 0.25) is 5.91 Å². The van der Waals surface area contributed by atoms with Crippen molar-refractivity contribution in [1.29, 1.82) is 0 Å². The van der Waals surface area contributed by atoms with E-state index in [1.54, 1.807) is 0 Å². The number of piperidine rings is 1. The maximum Gasteiger partial charge on any atom is 0.244 e. The van der Waals surface area contributed by atoms with Crippen LogP contribution in [0.1, 0.15) is 25.7 Å². The minimum Gasteiger partial charge on any atom is -0.309 e. The van der Waals surface area contributed by atoms with Gasteiger partial charge in [-0.2, -0.15) is 0 Å². The van der Waals surface area contributed by atoms with Crippen LogP contribution in [-0.2, 0) is 4.79 Å². The quantitative estimate of drug-likeness (QED) is 0.861. The van der Waals surface area contributed by atoms with E-state index in [1.807, 2.05) is 23.1 Å². The number of nitrogens with one attached hydrogen (secondary N) is 1. The minimum atomic E-state index is -0.0137. The summed E-state index contributed by atoms with van der Waals surface area (Å²) in [4.78, 5) is 14.5. The second kappa shape index (κ2) is 5.54. The summed E-state index contributed by atoms with van der Waals surface area (Å²) in [7, 11) is 0. The first-order valence-corrected chi connectivity index (χ1v) is 8.27. The van der Waals surface area contributed by atoms with Crippen molar-refractivity contribution in [3.63, 3.8) is 0 Å². The van der Waals surface area contributed by atoms with Gasteiger partial charge >= 0.3 is 0 Å². The van der Waals surface area contributed by atoms with E-state index < -0.39 is 0 Å². The van der Waals surface area contributed by atoms with Gasteiger partial charge in [0, 0.05) is 21.5 Å². The highest BCUT2D eigenvalue weighted by Crippen LogP contribution is 2.36. The largest absolute Gasteiger partial charge is 0.309 e. The van der Waals surface area contributed by atoms with Crippen LogP contribution in [0.3, 0.4) is 0 Å². The number of anilines is 1. The van der Waals surface area contributed by atoms with Crippen molar-refractivity contribution in [3.05, 3.63) is 27.1 Å². The summed E-state index contributed by atoms with van der Waals surface area (Å²) >= 11 is 7.10. The predicted molar refractivity (Wildman–Crippen MR) is 83.4 cm³/mol. The molecule has 2 fully saturated rings. The van der Waals surface area contributed by atoms with E-state index in [1.165, 1.54) is 12.8 Å². The number of carbonyl (C=O) groups is 1. The summed E-state index contributed by atoms with van der Waals surface area (Å²) in [5.74, 6) is 0.200. The van der Waals surface area contributed by atoms with E-state index in [-0.39, 0.29) is 11.9 Å². The summed E-state index contributed by atoms with van der Waals surface area (Å²) < 4.78 is 1.92. The molecule has 1 unspecified atom stereocenters. The topological polar surface area (TPSA) is 32.3 Å². The molecule has 1 aromatic rings.